The zero-order valence-corrected chi connectivity index (χ0v) is 17.4. The number of imidazole rings is 1. The van der Waals surface area contributed by atoms with Crippen molar-refractivity contribution in [2.45, 2.75) is 38.3 Å². The summed E-state index contributed by atoms with van der Waals surface area (Å²) in [5.74, 6) is 0.256. The first kappa shape index (κ1) is 20.1. The first-order valence-corrected chi connectivity index (χ1v) is 10.5. The van der Waals surface area contributed by atoms with Crippen LogP contribution in [0, 0.1) is 6.92 Å². The number of benzene rings is 3. The average Bonchev–Trinajstić information content (AvgIpc) is 3.24. The molecule has 3 nitrogen and oxygen atoms in total. The van der Waals surface area contributed by atoms with Crippen LogP contribution in [-0.2, 0) is 6.54 Å². The smallest absolute Gasteiger partial charge is 0.0956 e. The van der Waals surface area contributed by atoms with Crippen LogP contribution in [0.2, 0.25) is 0 Å². The summed E-state index contributed by atoms with van der Waals surface area (Å²) in [7, 11) is 0. The lowest BCUT2D eigenvalue weighted by Gasteiger charge is -2.21. The van der Waals surface area contributed by atoms with E-state index in [1.54, 1.807) is 12.5 Å². The molecule has 0 aliphatic rings. The Morgan fingerprint density at radius 2 is 1.43 bits per heavy atom. The van der Waals surface area contributed by atoms with Crippen LogP contribution in [0.15, 0.2) is 97.5 Å². The number of aliphatic hydroxyl groups excluding tert-OH is 1. The molecule has 3 heteroatoms. The summed E-state index contributed by atoms with van der Waals surface area (Å²) in [6.07, 6.45) is 4.59. The van der Waals surface area contributed by atoms with Gasteiger partial charge in [0.2, 0.25) is 0 Å². The minimum Gasteiger partial charge on any atom is -0.387 e. The summed E-state index contributed by atoms with van der Waals surface area (Å²) in [5, 5.41) is 11.0. The number of aromatic nitrogens is 2. The van der Waals surface area contributed by atoms with Crippen molar-refractivity contribution in [3.05, 3.63) is 125 Å². The van der Waals surface area contributed by atoms with Gasteiger partial charge in [0.1, 0.15) is 0 Å². The van der Waals surface area contributed by atoms with Crippen LogP contribution in [-0.4, -0.2) is 14.7 Å². The van der Waals surface area contributed by atoms with Crippen molar-refractivity contribution in [1.82, 2.24) is 9.55 Å². The van der Waals surface area contributed by atoms with Crippen molar-refractivity contribution in [3.8, 4) is 0 Å². The quantitative estimate of drug-likeness (QED) is 0.403. The molecule has 0 fully saturated rings. The standard InChI is InChI=1S/C27H28N2O/c1-21-12-14-24(15-13-21)25(23-10-6-3-7-11-23)16-17-27(30)26-18-28-20-29(26)19-22-8-4-2-5-9-22/h2-15,18,20,25,27,30H,16-17,19H2,1H3. The van der Waals surface area contributed by atoms with Crippen molar-refractivity contribution in [3.63, 3.8) is 0 Å². The van der Waals surface area contributed by atoms with Crippen molar-refractivity contribution in [2.24, 2.45) is 0 Å². The van der Waals surface area contributed by atoms with Crippen molar-refractivity contribution in [1.29, 1.82) is 0 Å². The third kappa shape index (κ3) is 4.87. The van der Waals surface area contributed by atoms with E-state index in [0.717, 1.165) is 12.1 Å². The average molecular weight is 397 g/mol. The monoisotopic (exact) mass is 396 g/mol. The van der Waals surface area contributed by atoms with Gasteiger partial charge in [-0.25, -0.2) is 4.98 Å². The van der Waals surface area contributed by atoms with Gasteiger partial charge >= 0.3 is 0 Å². The molecule has 0 aliphatic heterocycles. The fourth-order valence-electron chi connectivity index (χ4n) is 4.00. The lowest BCUT2D eigenvalue weighted by Crippen LogP contribution is -2.10. The van der Waals surface area contributed by atoms with Crippen LogP contribution in [0.25, 0.3) is 0 Å². The van der Waals surface area contributed by atoms with E-state index in [0.29, 0.717) is 13.0 Å². The molecule has 1 N–H and O–H groups in total. The van der Waals surface area contributed by atoms with Crippen LogP contribution < -0.4 is 0 Å². The normalized spacial score (nSPS) is 13.1. The number of hydrogen-bond acceptors (Lipinski definition) is 2. The van der Waals surface area contributed by atoms with Gasteiger partial charge in [0.25, 0.3) is 0 Å². The minimum absolute atomic E-state index is 0.256. The molecular weight excluding hydrogens is 368 g/mol. The highest BCUT2D eigenvalue weighted by atomic mass is 16.3. The molecule has 0 saturated heterocycles. The Labute approximate surface area is 178 Å². The molecule has 2 unspecified atom stereocenters. The number of nitrogens with zero attached hydrogens (tertiary/aromatic N) is 2. The number of hydrogen-bond donors (Lipinski definition) is 1. The molecule has 2 atom stereocenters. The van der Waals surface area contributed by atoms with E-state index in [-0.39, 0.29) is 5.92 Å². The van der Waals surface area contributed by atoms with E-state index in [4.69, 9.17) is 0 Å². The van der Waals surface area contributed by atoms with Crippen molar-refractivity contribution in [2.75, 3.05) is 0 Å². The Hall–Kier alpha value is -3.17. The van der Waals surface area contributed by atoms with Gasteiger partial charge in [-0.2, -0.15) is 0 Å². The molecule has 1 heterocycles. The van der Waals surface area contributed by atoms with Crippen LogP contribution in [0.1, 0.15) is 52.8 Å². The van der Waals surface area contributed by atoms with Crippen LogP contribution in [0.3, 0.4) is 0 Å². The summed E-state index contributed by atoms with van der Waals surface area (Å²) in [4.78, 5) is 4.30. The lowest BCUT2D eigenvalue weighted by molar-refractivity contribution is 0.154. The Kier molecular flexibility index (Phi) is 6.41. The second-order valence-corrected chi connectivity index (χ2v) is 7.90. The summed E-state index contributed by atoms with van der Waals surface area (Å²) >= 11 is 0. The highest BCUT2D eigenvalue weighted by molar-refractivity contribution is 5.34. The van der Waals surface area contributed by atoms with E-state index in [2.05, 4.69) is 72.6 Å². The van der Waals surface area contributed by atoms with Gasteiger partial charge in [-0.3, -0.25) is 0 Å². The highest BCUT2D eigenvalue weighted by Gasteiger charge is 2.19. The molecule has 0 spiro atoms. The van der Waals surface area contributed by atoms with Gasteiger partial charge in [0.15, 0.2) is 0 Å². The topological polar surface area (TPSA) is 38.1 Å². The molecule has 0 amide bonds. The van der Waals surface area contributed by atoms with Gasteiger partial charge in [-0.15, -0.1) is 0 Å². The van der Waals surface area contributed by atoms with Gasteiger partial charge < -0.3 is 9.67 Å². The largest absolute Gasteiger partial charge is 0.387 e. The molecule has 3 aromatic carbocycles. The molecule has 4 rings (SSSR count). The lowest BCUT2D eigenvalue weighted by atomic mass is 9.86. The maximum atomic E-state index is 11.0. The Bertz CT molecular complexity index is 1040. The molecule has 0 saturated carbocycles. The van der Waals surface area contributed by atoms with E-state index in [1.165, 1.54) is 22.3 Å². The fourth-order valence-corrected chi connectivity index (χ4v) is 4.00. The Morgan fingerprint density at radius 1 is 0.800 bits per heavy atom. The number of rotatable bonds is 8. The highest BCUT2D eigenvalue weighted by Crippen LogP contribution is 2.32. The molecule has 0 radical (unpaired) electrons. The molecule has 152 valence electrons. The third-order valence-electron chi connectivity index (χ3n) is 5.69. The third-order valence-corrected chi connectivity index (χ3v) is 5.69. The molecule has 0 bridgehead atoms. The molecule has 30 heavy (non-hydrogen) atoms. The number of aryl methyl sites for hydroxylation is 1. The van der Waals surface area contributed by atoms with Crippen LogP contribution in [0.4, 0.5) is 0 Å². The first-order chi connectivity index (χ1) is 14.7. The van der Waals surface area contributed by atoms with Crippen molar-refractivity contribution >= 4 is 0 Å². The van der Waals surface area contributed by atoms with Gasteiger partial charge in [-0.1, -0.05) is 90.5 Å². The zero-order chi connectivity index (χ0) is 20.8. The first-order valence-electron chi connectivity index (χ1n) is 10.5. The summed E-state index contributed by atoms with van der Waals surface area (Å²) in [6, 6.07) is 29.6. The molecule has 0 aliphatic carbocycles. The maximum Gasteiger partial charge on any atom is 0.0956 e. The second-order valence-electron chi connectivity index (χ2n) is 7.90. The van der Waals surface area contributed by atoms with Gasteiger partial charge in [0, 0.05) is 12.5 Å². The van der Waals surface area contributed by atoms with E-state index in [9.17, 15) is 5.11 Å². The minimum atomic E-state index is -0.548. The zero-order valence-electron chi connectivity index (χ0n) is 17.4. The summed E-state index contributed by atoms with van der Waals surface area (Å²) < 4.78 is 2.05. The number of aliphatic hydroxyl groups is 1. The summed E-state index contributed by atoms with van der Waals surface area (Å²) in [6.45, 7) is 2.83. The van der Waals surface area contributed by atoms with Gasteiger partial charge in [0.05, 0.1) is 24.3 Å². The Balaban J connectivity index is 1.50. The molecule has 1 aromatic heterocycles. The molecular formula is C27H28N2O. The van der Waals surface area contributed by atoms with Crippen LogP contribution in [0.5, 0.6) is 0 Å². The predicted molar refractivity (Wildman–Crippen MR) is 121 cm³/mol. The van der Waals surface area contributed by atoms with Crippen molar-refractivity contribution < 1.29 is 5.11 Å². The summed E-state index contributed by atoms with van der Waals surface area (Å²) in [5.41, 5.74) is 5.90. The SMILES string of the molecule is Cc1ccc(C(CCC(O)c2cncn2Cc2ccccc2)c2ccccc2)cc1. The second kappa shape index (κ2) is 9.55. The van der Waals surface area contributed by atoms with Crippen LogP contribution >= 0.6 is 0 Å². The van der Waals surface area contributed by atoms with E-state index < -0.39 is 6.10 Å². The molecule has 4 aromatic rings. The van der Waals surface area contributed by atoms with E-state index in [1.807, 2.05) is 28.8 Å². The Morgan fingerprint density at radius 3 is 2.13 bits per heavy atom. The van der Waals surface area contributed by atoms with E-state index >= 15 is 0 Å². The maximum absolute atomic E-state index is 11.0. The fraction of sp³-hybridized carbons (Fsp3) is 0.222. The predicted octanol–water partition coefficient (Wildman–Crippen LogP) is 5.89. The van der Waals surface area contributed by atoms with Gasteiger partial charge in [-0.05, 0) is 36.5 Å².